The van der Waals surface area contributed by atoms with Crippen LogP contribution in [0.5, 0.6) is 0 Å². The standard InChI is InChI=1S/C41H25N3O/c1-3-12-27(13-4-1)43-34-19-8-7-16-32(34)37-35(43)23-21-33-38-36(44(39(33)37)28-14-5-2-6-15-28)22-20-31-30-18-9-17-29(40(30)45-41(31)38)26-11-10-24-42-25-26/h1-25H. The fourth-order valence-electron chi connectivity index (χ4n) is 7.34. The third-order valence-electron chi connectivity index (χ3n) is 9.19. The van der Waals surface area contributed by atoms with Crippen LogP contribution in [0.3, 0.4) is 0 Å². The topological polar surface area (TPSA) is 35.9 Å². The van der Waals surface area contributed by atoms with Gasteiger partial charge in [0.2, 0.25) is 0 Å². The molecule has 4 nitrogen and oxygen atoms in total. The van der Waals surface area contributed by atoms with Crippen LogP contribution in [0.1, 0.15) is 0 Å². The summed E-state index contributed by atoms with van der Waals surface area (Å²) in [5.41, 5.74) is 10.8. The first-order valence-corrected chi connectivity index (χ1v) is 15.2. The molecule has 4 aromatic heterocycles. The lowest BCUT2D eigenvalue weighted by Gasteiger charge is -2.10. The van der Waals surface area contributed by atoms with E-state index in [2.05, 4.69) is 148 Å². The maximum absolute atomic E-state index is 6.94. The Hall–Kier alpha value is -6.13. The van der Waals surface area contributed by atoms with Crippen LogP contribution in [-0.2, 0) is 0 Å². The first-order valence-electron chi connectivity index (χ1n) is 15.2. The maximum atomic E-state index is 6.94. The average Bonchev–Trinajstić information content (AvgIpc) is 3.77. The van der Waals surface area contributed by atoms with E-state index in [9.17, 15) is 0 Å². The van der Waals surface area contributed by atoms with Gasteiger partial charge in [-0.2, -0.15) is 0 Å². The second-order valence-electron chi connectivity index (χ2n) is 11.6. The quantitative estimate of drug-likeness (QED) is 0.210. The molecule has 0 saturated heterocycles. The first-order chi connectivity index (χ1) is 22.4. The zero-order valence-electron chi connectivity index (χ0n) is 24.2. The largest absolute Gasteiger partial charge is 0.455 e. The van der Waals surface area contributed by atoms with Gasteiger partial charge in [0.15, 0.2) is 0 Å². The average molecular weight is 576 g/mol. The van der Waals surface area contributed by atoms with E-state index in [4.69, 9.17) is 4.42 Å². The SMILES string of the molecule is c1ccc(-n2c3ccccc3c3c2ccc2c4c5oc6c(-c7cccnc7)cccc6c5ccc4n(-c4ccccc4)c23)cc1. The Morgan fingerprint density at radius 1 is 0.444 bits per heavy atom. The molecule has 0 bridgehead atoms. The lowest BCUT2D eigenvalue weighted by atomic mass is 10.0. The van der Waals surface area contributed by atoms with Crippen LogP contribution in [0.2, 0.25) is 0 Å². The Kier molecular flexibility index (Phi) is 4.96. The van der Waals surface area contributed by atoms with Crippen LogP contribution in [0.25, 0.3) is 88.1 Å². The van der Waals surface area contributed by atoms with Crippen molar-refractivity contribution in [2.24, 2.45) is 0 Å². The van der Waals surface area contributed by atoms with Crippen molar-refractivity contribution in [2.45, 2.75) is 0 Å². The number of hydrogen-bond acceptors (Lipinski definition) is 2. The normalized spacial score (nSPS) is 12.0. The van der Waals surface area contributed by atoms with Gasteiger partial charge in [-0.05, 0) is 60.7 Å². The van der Waals surface area contributed by atoms with Gasteiger partial charge in [0.25, 0.3) is 0 Å². The van der Waals surface area contributed by atoms with Gasteiger partial charge >= 0.3 is 0 Å². The van der Waals surface area contributed by atoms with Gasteiger partial charge in [-0.15, -0.1) is 0 Å². The van der Waals surface area contributed by atoms with E-state index in [1.807, 2.05) is 12.3 Å². The van der Waals surface area contributed by atoms with Gasteiger partial charge < -0.3 is 13.6 Å². The van der Waals surface area contributed by atoms with Gasteiger partial charge in [-0.25, -0.2) is 0 Å². The molecule has 0 fully saturated rings. The van der Waals surface area contributed by atoms with E-state index >= 15 is 0 Å². The molecule has 4 heterocycles. The fourth-order valence-corrected chi connectivity index (χ4v) is 7.34. The maximum Gasteiger partial charge on any atom is 0.145 e. The monoisotopic (exact) mass is 575 g/mol. The highest BCUT2D eigenvalue weighted by Crippen LogP contribution is 2.46. The molecule has 4 heteroatoms. The first kappa shape index (κ1) is 24.3. The Balaban J connectivity index is 1.42. The number of furan rings is 1. The molecule has 0 radical (unpaired) electrons. The Morgan fingerprint density at radius 2 is 1.11 bits per heavy atom. The minimum absolute atomic E-state index is 0.885. The van der Waals surface area contributed by atoms with E-state index < -0.39 is 0 Å². The highest BCUT2D eigenvalue weighted by atomic mass is 16.3. The van der Waals surface area contributed by atoms with Gasteiger partial charge in [-0.3, -0.25) is 4.98 Å². The van der Waals surface area contributed by atoms with Crippen molar-refractivity contribution in [3.05, 3.63) is 152 Å². The lowest BCUT2D eigenvalue weighted by molar-refractivity contribution is 0.674. The number of pyridine rings is 1. The smallest absolute Gasteiger partial charge is 0.145 e. The van der Waals surface area contributed by atoms with Crippen LogP contribution < -0.4 is 0 Å². The second-order valence-corrected chi connectivity index (χ2v) is 11.6. The van der Waals surface area contributed by atoms with E-state index in [-0.39, 0.29) is 0 Å². The molecule has 0 saturated carbocycles. The molecule has 45 heavy (non-hydrogen) atoms. The van der Waals surface area contributed by atoms with Crippen molar-refractivity contribution in [1.82, 2.24) is 14.1 Å². The minimum Gasteiger partial charge on any atom is -0.455 e. The molecule has 0 unspecified atom stereocenters. The third kappa shape index (κ3) is 3.34. The summed E-state index contributed by atoms with van der Waals surface area (Å²) in [7, 11) is 0. The lowest BCUT2D eigenvalue weighted by Crippen LogP contribution is -1.95. The summed E-state index contributed by atoms with van der Waals surface area (Å²) >= 11 is 0. The summed E-state index contributed by atoms with van der Waals surface area (Å²) < 4.78 is 11.7. The van der Waals surface area contributed by atoms with Crippen molar-refractivity contribution in [1.29, 1.82) is 0 Å². The van der Waals surface area contributed by atoms with Gasteiger partial charge in [0.05, 0.1) is 27.5 Å². The van der Waals surface area contributed by atoms with Gasteiger partial charge in [0, 0.05) is 61.8 Å². The van der Waals surface area contributed by atoms with Crippen LogP contribution >= 0.6 is 0 Å². The highest BCUT2D eigenvalue weighted by molar-refractivity contribution is 6.31. The summed E-state index contributed by atoms with van der Waals surface area (Å²) in [6, 6.07) is 49.6. The molecule has 6 aromatic carbocycles. The number of benzene rings is 6. The molecular weight excluding hydrogens is 550 g/mol. The summed E-state index contributed by atoms with van der Waals surface area (Å²) in [4.78, 5) is 4.38. The summed E-state index contributed by atoms with van der Waals surface area (Å²) in [6.07, 6.45) is 3.71. The van der Waals surface area contributed by atoms with Crippen LogP contribution in [0.4, 0.5) is 0 Å². The Bertz CT molecular complexity index is 2730. The van der Waals surface area contributed by atoms with Crippen molar-refractivity contribution < 1.29 is 4.42 Å². The van der Waals surface area contributed by atoms with Crippen LogP contribution in [0, 0.1) is 0 Å². The molecule has 0 aliphatic rings. The van der Waals surface area contributed by atoms with Crippen molar-refractivity contribution in [3.63, 3.8) is 0 Å². The number of rotatable bonds is 3. The van der Waals surface area contributed by atoms with Crippen molar-refractivity contribution in [3.8, 4) is 22.5 Å². The molecule has 0 atom stereocenters. The number of fused-ring (bicyclic) bond motifs is 11. The predicted molar refractivity (Wildman–Crippen MR) is 186 cm³/mol. The molecule has 10 rings (SSSR count). The summed E-state index contributed by atoms with van der Waals surface area (Å²) in [5, 5.41) is 6.97. The zero-order valence-corrected chi connectivity index (χ0v) is 24.2. The number of aromatic nitrogens is 3. The minimum atomic E-state index is 0.885. The van der Waals surface area contributed by atoms with Crippen molar-refractivity contribution in [2.75, 3.05) is 0 Å². The predicted octanol–water partition coefficient (Wildman–Crippen LogP) is 10.8. The molecule has 0 amide bonds. The highest BCUT2D eigenvalue weighted by Gasteiger charge is 2.24. The van der Waals surface area contributed by atoms with E-state index in [0.717, 1.165) is 55.3 Å². The summed E-state index contributed by atoms with van der Waals surface area (Å²) in [6.45, 7) is 0. The molecule has 10 aromatic rings. The Morgan fingerprint density at radius 3 is 1.89 bits per heavy atom. The van der Waals surface area contributed by atoms with E-state index in [0.29, 0.717) is 0 Å². The molecule has 0 N–H and O–H groups in total. The van der Waals surface area contributed by atoms with Crippen LogP contribution in [-0.4, -0.2) is 14.1 Å². The molecular formula is C41H25N3O. The molecule has 0 aliphatic carbocycles. The number of hydrogen-bond donors (Lipinski definition) is 0. The summed E-state index contributed by atoms with van der Waals surface area (Å²) in [5.74, 6) is 0. The third-order valence-corrected chi connectivity index (χ3v) is 9.19. The fraction of sp³-hybridized carbons (Fsp3) is 0. The van der Waals surface area contributed by atoms with Crippen molar-refractivity contribution >= 4 is 65.6 Å². The molecule has 0 spiro atoms. The van der Waals surface area contributed by atoms with Gasteiger partial charge in [-0.1, -0.05) is 78.9 Å². The molecule has 0 aliphatic heterocycles. The molecule has 210 valence electrons. The number of para-hydroxylation sites is 4. The second kappa shape index (κ2) is 9.18. The van der Waals surface area contributed by atoms with E-state index in [1.54, 1.807) is 6.20 Å². The van der Waals surface area contributed by atoms with Gasteiger partial charge in [0.1, 0.15) is 11.2 Å². The van der Waals surface area contributed by atoms with E-state index in [1.165, 1.54) is 32.7 Å². The van der Waals surface area contributed by atoms with Crippen LogP contribution in [0.15, 0.2) is 156 Å². The number of nitrogens with zero attached hydrogens (tertiary/aromatic N) is 3. The zero-order chi connectivity index (χ0) is 29.5. The Labute approximate surface area is 258 Å².